The Balaban J connectivity index is 2.48. The second kappa shape index (κ2) is 5.46. The van der Waals surface area contributed by atoms with Crippen molar-refractivity contribution in [3.8, 4) is 0 Å². The van der Waals surface area contributed by atoms with Crippen LogP contribution in [0.3, 0.4) is 0 Å². The van der Waals surface area contributed by atoms with E-state index in [9.17, 15) is 9.90 Å². The minimum absolute atomic E-state index is 0.186. The lowest BCUT2D eigenvalue weighted by molar-refractivity contribution is 0.0697. The number of benzene rings is 1. The molecule has 0 atom stereocenters. The van der Waals surface area contributed by atoms with Crippen LogP contribution in [0.4, 0.5) is 5.69 Å². The van der Waals surface area contributed by atoms with Crippen LogP contribution in [0, 0.1) is 0 Å². The first kappa shape index (κ1) is 12.3. The number of nitrogens with zero attached hydrogens (tertiary/aromatic N) is 1. The Labute approximate surface area is 105 Å². The minimum Gasteiger partial charge on any atom is -0.478 e. The Morgan fingerprint density at radius 3 is 2.89 bits per heavy atom. The standard InChI is InChI=1S/C13H15N3O2/c14-6-3-7-15-12-9-4-1-2-5-11(9)16-8-10(12)13(17)18/h1-2,4-5,8H,3,6-7,14H2,(H,15,16)(H,17,18). The van der Waals surface area contributed by atoms with Crippen molar-refractivity contribution in [1.29, 1.82) is 0 Å². The fourth-order valence-electron chi connectivity index (χ4n) is 1.81. The molecule has 0 radical (unpaired) electrons. The molecule has 18 heavy (non-hydrogen) atoms. The lowest BCUT2D eigenvalue weighted by atomic mass is 10.1. The quantitative estimate of drug-likeness (QED) is 0.698. The van der Waals surface area contributed by atoms with Gasteiger partial charge in [0.1, 0.15) is 5.56 Å². The van der Waals surface area contributed by atoms with Crippen LogP contribution in [0.2, 0.25) is 0 Å². The van der Waals surface area contributed by atoms with Crippen molar-refractivity contribution < 1.29 is 9.90 Å². The van der Waals surface area contributed by atoms with E-state index in [0.29, 0.717) is 18.8 Å². The van der Waals surface area contributed by atoms with Crippen LogP contribution in [-0.4, -0.2) is 29.1 Å². The summed E-state index contributed by atoms with van der Waals surface area (Å²) in [6.45, 7) is 1.21. The van der Waals surface area contributed by atoms with Crippen LogP contribution in [-0.2, 0) is 0 Å². The SMILES string of the molecule is NCCCNc1c(C(=O)O)cnc2ccccc12. The molecular weight excluding hydrogens is 230 g/mol. The Bertz CT molecular complexity index is 569. The fraction of sp³-hybridized carbons (Fsp3) is 0.231. The van der Waals surface area contributed by atoms with Crippen molar-refractivity contribution in [3.05, 3.63) is 36.0 Å². The molecule has 0 saturated carbocycles. The predicted molar refractivity (Wildman–Crippen MR) is 70.9 cm³/mol. The maximum atomic E-state index is 11.2. The third kappa shape index (κ3) is 2.41. The highest BCUT2D eigenvalue weighted by Crippen LogP contribution is 2.25. The van der Waals surface area contributed by atoms with Gasteiger partial charge in [0.05, 0.1) is 11.2 Å². The molecule has 0 amide bonds. The smallest absolute Gasteiger partial charge is 0.339 e. The number of aromatic carboxylic acids is 1. The van der Waals surface area contributed by atoms with Gasteiger partial charge < -0.3 is 16.2 Å². The number of hydrogen-bond acceptors (Lipinski definition) is 4. The molecule has 0 aliphatic carbocycles. The average molecular weight is 245 g/mol. The number of nitrogens with two attached hydrogens (primary N) is 1. The normalized spacial score (nSPS) is 10.5. The van der Waals surface area contributed by atoms with Crippen LogP contribution in [0.5, 0.6) is 0 Å². The van der Waals surface area contributed by atoms with Gasteiger partial charge in [-0.25, -0.2) is 4.79 Å². The first-order chi connectivity index (χ1) is 8.74. The summed E-state index contributed by atoms with van der Waals surface area (Å²) in [6.07, 6.45) is 2.17. The molecule has 1 aromatic heterocycles. The lowest BCUT2D eigenvalue weighted by Gasteiger charge is -2.11. The number of para-hydroxylation sites is 1. The van der Waals surface area contributed by atoms with Crippen LogP contribution in [0.25, 0.3) is 10.9 Å². The van der Waals surface area contributed by atoms with E-state index in [-0.39, 0.29) is 5.56 Å². The summed E-state index contributed by atoms with van der Waals surface area (Å²) in [5, 5.41) is 13.1. The maximum Gasteiger partial charge on any atom is 0.339 e. The van der Waals surface area contributed by atoms with Crippen LogP contribution in [0.1, 0.15) is 16.8 Å². The molecule has 94 valence electrons. The number of pyridine rings is 1. The summed E-state index contributed by atoms with van der Waals surface area (Å²) < 4.78 is 0. The molecule has 5 heteroatoms. The average Bonchev–Trinajstić information content (AvgIpc) is 2.38. The van der Waals surface area contributed by atoms with E-state index >= 15 is 0 Å². The Morgan fingerprint density at radius 1 is 1.39 bits per heavy atom. The molecule has 0 spiro atoms. The highest BCUT2D eigenvalue weighted by atomic mass is 16.4. The van der Waals surface area contributed by atoms with Crippen LogP contribution >= 0.6 is 0 Å². The second-order valence-electron chi connectivity index (χ2n) is 3.94. The van der Waals surface area contributed by atoms with Crippen molar-refractivity contribution in [2.24, 2.45) is 5.73 Å². The molecule has 4 N–H and O–H groups in total. The molecular formula is C13H15N3O2. The number of anilines is 1. The van der Waals surface area contributed by atoms with E-state index < -0.39 is 5.97 Å². The zero-order valence-corrected chi connectivity index (χ0v) is 9.89. The summed E-state index contributed by atoms with van der Waals surface area (Å²) in [5.41, 5.74) is 7.01. The maximum absolute atomic E-state index is 11.2. The van der Waals surface area contributed by atoms with Gasteiger partial charge >= 0.3 is 5.97 Å². The third-order valence-electron chi connectivity index (χ3n) is 2.69. The Kier molecular flexibility index (Phi) is 3.74. The number of carbonyl (C=O) groups is 1. The molecule has 2 rings (SSSR count). The van der Waals surface area contributed by atoms with Crippen molar-refractivity contribution >= 4 is 22.6 Å². The largest absolute Gasteiger partial charge is 0.478 e. The van der Waals surface area contributed by atoms with Crippen molar-refractivity contribution in [2.75, 3.05) is 18.4 Å². The summed E-state index contributed by atoms with van der Waals surface area (Å²) in [5.74, 6) is -0.983. The summed E-state index contributed by atoms with van der Waals surface area (Å²) >= 11 is 0. The Hall–Kier alpha value is -2.14. The van der Waals surface area contributed by atoms with Gasteiger partial charge in [0, 0.05) is 18.1 Å². The van der Waals surface area contributed by atoms with Gasteiger partial charge in [0.15, 0.2) is 0 Å². The number of aromatic nitrogens is 1. The molecule has 2 aromatic rings. The second-order valence-corrected chi connectivity index (χ2v) is 3.94. The monoisotopic (exact) mass is 245 g/mol. The van der Waals surface area contributed by atoms with E-state index in [2.05, 4.69) is 10.3 Å². The first-order valence-electron chi connectivity index (χ1n) is 5.79. The number of hydrogen-bond donors (Lipinski definition) is 3. The number of nitrogens with one attached hydrogen (secondary N) is 1. The minimum atomic E-state index is -0.983. The lowest BCUT2D eigenvalue weighted by Crippen LogP contribution is -2.12. The summed E-state index contributed by atoms with van der Waals surface area (Å²) in [6, 6.07) is 7.46. The van der Waals surface area contributed by atoms with Gasteiger partial charge in [-0.2, -0.15) is 0 Å². The van der Waals surface area contributed by atoms with Gasteiger partial charge in [0.2, 0.25) is 0 Å². The molecule has 5 nitrogen and oxygen atoms in total. The van der Waals surface area contributed by atoms with Crippen molar-refractivity contribution in [1.82, 2.24) is 4.98 Å². The van der Waals surface area contributed by atoms with Gasteiger partial charge in [0.25, 0.3) is 0 Å². The number of rotatable bonds is 5. The van der Waals surface area contributed by atoms with E-state index in [1.807, 2.05) is 24.3 Å². The van der Waals surface area contributed by atoms with E-state index in [4.69, 9.17) is 5.73 Å². The predicted octanol–water partition coefficient (Wildman–Crippen LogP) is 1.69. The van der Waals surface area contributed by atoms with Crippen LogP contribution < -0.4 is 11.1 Å². The topological polar surface area (TPSA) is 88.2 Å². The van der Waals surface area contributed by atoms with Crippen molar-refractivity contribution in [2.45, 2.75) is 6.42 Å². The van der Waals surface area contributed by atoms with Gasteiger partial charge in [-0.05, 0) is 19.0 Å². The first-order valence-corrected chi connectivity index (χ1v) is 5.79. The molecule has 0 fully saturated rings. The molecule has 1 aromatic carbocycles. The van der Waals surface area contributed by atoms with E-state index in [1.165, 1.54) is 6.20 Å². The molecule has 0 aliphatic rings. The Morgan fingerprint density at radius 2 is 2.17 bits per heavy atom. The molecule has 0 aliphatic heterocycles. The molecule has 0 unspecified atom stereocenters. The van der Waals surface area contributed by atoms with Crippen LogP contribution in [0.15, 0.2) is 30.5 Å². The zero-order valence-electron chi connectivity index (χ0n) is 9.89. The third-order valence-corrected chi connectivity index (χ3v) is 2.69. The molecule has 0 bridgehead atoms. The van der Waals surface area contributed by atoms with E-state index in [0.717, 1.165) is 17.3 Å². The number of carboxylic acid groups (broad SMARTS) is 1. The number of carboxylic acids is 1. The van der Waals surface area contributed by atoms with Gasteiger partial charge in [-0.1, -0.05) is 18.2 Å². The zero-order chi connectivity index (χ0) is 13.0. The van der Waals surface area contributed by atoms with Crippen molar-refractivity contribution in [3.63, 3.8) is 0 Å². The van der Waals surface area contributed by atoms with Gasteiger partial charge in [-0.3, -0.25) is 4.98 Å². The van der Waals surface area contributed by atoms with Gasteiger partial charge in [-0.15, -0.1) is 0 Å². The number of fused-ring (bicyclic) bond motifs is 1. The highest BCUT2D eigenvalue weighted by molar-refractivity contribution is 6.04. The van der Waals surface area contributed by atoms with E-state index in [1.54, 1.807) is 0 Å². The molecule has 0 saturated heterocycles. The molecule has 1 heterocycles. The summed E-state index contributed by atoms with van der Waals surface area (Å²) in [7, 11) is 0. The summed E-state index contributed by atoms with van der Waals surface area (Å²) in [4.78, 5) is 15.3. The highest BCUT2D eigenvalue weighted by Gasteiger charge is 2.13. The fourth-order valence-corrected chi connectivity index (χ4v) is 1.81.